The van der Waals surface area contributed by atoms with Crippen molar-refractivity contribution in [2.45, 2.75) is 57.5 Å². The summed E-state index contributed by atoms with van der Waals surface area (Å²) in [5, 5.41) is 24.2. The van der Waals surface area contributed by atoms with Gasteiger partial charge in [-0.1, -0.05) is 6.07 Å². The zero-order valence-electron chi connectivity index (χ0n) is 30.1. The molecule has 3 fully saturated rings. The predicted octanol–water partition coefficient (Wildman–Crippen LogP) is 3.37. The second kappa shape index (κ2) is 13.7. The van der Waals surface area contributed by atoms with Crippen molar-refractivity contribution in [2.75, 3.05) is 54.4 Å². The number of hydrogen-bond acceptors (Lipinski definition) is 12. The van der Waals surface area contributed by atoms with E-state index in [4.69, 9.17) is 9.72 Å². The number of aromatic hydroxyl groups is 1. The predicted molar refractivity (Wildman–Crippen MR) is 197 cm³/mol. The zero-order valence-corrected chi connectivity index (χ0v) is 30.1. The highest BCUT2D eigenvalue weighted by atomic mass is 19.1. The van der Waals surface area contributed by atoms with Crippen molar-refractivity contribution in [3.63, 3.8) is 0 Å². The topological polar surface area (TPSA) is 156 Å². The average Bonchev–Trinajstić information content (AvgIpc) is 3.74. The molecule has 7 heterocycles. The van der Waals surface area contributed by atoms with Gasteiger partial charge in [-0.05, 0) is 54.8 Å². The molecule has 0 bridgehead atoms. The van der Waals surface area contributed by atoms with Crippen molar-refractivity contribution in [1.29, 1.82) is 0 Å². The number of pyridine rings is 1. The number of hydrogen-bond donors (Lipinski definition) is 3. The Bertz CT molecular complexity index is 2230. The maximum Gasteiger partial charge on any atom is 0.255 e. The highest BCUT2D eigenvalue weighted by Gasteiger charge is 2.40. The fourth-order valence-corrected chi connectivity index (χ4v) is 8.43. The molecule has 3 saturated heterocycles. The number of phenols is 1. The SMILES string of the molecule is Cc1cc(CN2CCN(c3ccc4c(c3)C(=O)N(C3CCC(=O)NC3=O)C4)CC2)cnc1O[C@@H]1C[C@@H]2CNc3nnc(-c4cc(F)cc(F)c4O)cc3N2C1. The summed E-state index contributed by atoms with van der Waals surface area (Å²) in [6, 6.07) is 10.9. The molecule has 5 aliphatic heterocycles. The summed E-state index contributed by atoms with van der Waals surface area (Å²) >= 11 is 0. The number of imide groups is 1. The molecule has 0 spiro atoms. The standard InChI is InChI=1S/C39H39F2N9O5/c1-21-10-22(18-47-6-8-48(9-7-47)25-3-2-23-19-50(39(54)28(23)14-25)32-4-5-34(51)44-37(32)53)16-43-38(21)55-27-13-26-17-42-36-33(49(26)20-27)15-31(45-46-36)29-11-24(40)12-30(41)35(29)52/h2-3,10-12,14-16,26-27,32,52H,4-9,13,17-20H2,1H3,(H,42,46)(H,44,51,53)/t26-,27-,32?/m1/s1. The molecule has 14 nitrogen and oxygen atoms in total. The normalized spacial score (nSPS) is 22.3. The third-order valence-electron chi connectivity index (χ3n) is 11.3. The number of piperidine rings is 1. The third kappa shape index (κ3) is 6.53. The van der Waals surface area contributed by atoms with E-state index in [1.165, 1.54) is 0 Å². The molecular weight excluding hydrogens is 712 g/mol. The molecule has 2 aromatic carbocycles. The van der Waals surface area contributed by atoms with Gasteiger partial charge in [0.1, 0.15) is 18.0 Å². The summed E-state index contributed by atoms with van der Waals surface area (Å²) in [4.78, 5) is 50.5. The third-order valence-corrected chi connectivity index (χ3v) is 11.3. The van der Waals surface area contributed by atoms with Gasteiger partial charge in [-0.3, -0.25) is 24.6 Å². The fourth-order valence-electron chi connectivity index (χ4n) is 8.43. The van der Waals surface area contributed by atoms with Crippen LogP contribution in [0.3, 0.4) is 0 Å². The van der Waals surface area contributed by atoms with Gasteiger partial charge in [-0.25, -0.2) is 13.8 Å². The van der Waals surface area contributed by atoms with E-state index in [0.29, 0.717) is 49.4 Å². The summed E-state index contributed by atoms with van der Waals surface area (Å²) in [5.41, 5.74) is 5.33. The van der Waals surface area contributed by atoms with E-state index in [2.05, 4.69) is 41.6 Å². The number of carbonyl (C=O) groups is 3. The average molecular weight is 752 g/mol. The molecule has 3 atom stereocenters. The number of halogens is 2. The first kappa shape index (κ1) is 34.8. The molecule has 3 amide bonds. The Morgan fingerprint density at radius 3 is 2.62 bits per heavy atom. The summed E-state index contributed by atoms with van der Waals surface area (Å²) in [7, 11) is 0. The smallest absolute Gasteiger partial charge is 0.255 e. The van der Waals surface area contributed by atoms with Crippen LogP contribution < -0.4 is 25.2 Å². The van der Waals surface area contributed by atoms with Gasteiger partial charge < -0.3 is 29.9 Å². The second-order valence-electron chi connectivity index (χ2n) is 14.9. The van der Waals surface area contributed by atoms with Crippen LogP contribution in [-0.2, 0) is 22.7 Å². The first-order chi connectivity index (χ1) is 26.6. The van der Waals surface area contributed by atoms with Gasteiger partial charge in [0.25, 0.3) is 5.91 Å². The van der Waals surface area contributed by atoms with Crippen LogP contribution in [0.25, 0.3) is 11.3 Å². The molecule has 0 aliphatic carbocycles. The molecule has 0 radical (unpaired) electrons. The van der Waals surface area contributed by atoms with Crippen LogP contribution in [-0.4, -0.2) is 105 Å². The van der Waals surface area contributed by atoms with Crippen LogP contribution in [0.4, 0.5) is 26.0 Å². The minimum Gasteiger partial charge on any atom is -0.504 e. The lowest BCUT2D eigenvalue weighted by Crippen LogP contribution is -2.52. The molecule has 5 aliphatic rings. The number of aromatic nitrogens is 3. The van der Waals surface area contributed by atoms with E-state index >= 15 is 0 Å². The van der Waals surface area contributed by atoms with Crippen molar-refractivity contribution >= 4 is 34.9 Å². The second-order valence-corrected chi connectivity index (χ2v) is 14.9. The van der Waals surface area contributed by atoms with Gasteiger partial charge in [0.05, 0.1) is 24.0 Å². The Kier molecular flexibility index (Phi) is 8.71. The van der Waals surface area contributed by atoms with Crippen molar-refractivity contribution in [3.05, 3.63) is 82.5 Å². The molecular formula is C39H39F2N9O5. The van der Waals surface area contributed by atoms with Crippen LogP contribution in [0.1, 0.15) is 46.3 Å². The lowest BCUT2D eigenvalue weighted by Gasteiger charge is -2.36. The molecule has 284 valence electrons. The Balaban J connectivity index is 0.800. The van der Waals surface area contributed by atoms with Crippen LogP contribution in [0.15, 0.2) is 48.7 Å². The molecule has 9 rings (SSSR count). The number of piperazine rings is 1. The molecule has 0 saturated carbocycles. The van der Waals surface area contributed by atoms with Crippen LogP contribution in [0.2, 0.25) is 0 Å². The highest BCUT2D eigenvalue weighted by molar-refractivity contribution is 6.05. The highest BCUT2D eigenvalue weighted by Crippen LogP contribution is 2.40. The first-order valence-corrected chi connectivity index (χ1v) is 18.5. The lowest BCUT2D eigenvalue weighted by molar-refractivity contribution is -0.136. The van der Waals surface area contributed by atoms with Gasteiger partial charge in [-0.2, -0.15) is 0 Å². The van der Waals surface area contributed by atoms with Crippen LogP contribution in [0, 0.1) is 18.6 Å². The number of amides is 3. The van der Waals surface area contributed by atoms with E-state index in [9.17, 15) is 28.3 Å². The minimum atomic E-state index is -1.06. The van der Waals surface area contributed by atoms with E-state index < -0.39 is 29.3 Å². The van der Waals surface area contributed by atoms with Crippen molar-refractivity contribution < 1.29 is 33.0 Å². The number of phenolic OH excluding ortho intramolecular Hbond substituents is 1. The van der Waals surface area contributed by atoms with Gasteiger partial charge in [0, 0.05) is 93.3 Å². The molecule has 3 N–H and O–H groups in total. The Morgan fingerprint density at radius 2 is 1.82 bits per heavy atom. The zero-order chi connectivity index (χ0) is 38.0. The van der Waals surface area contributed by atoms with Gasteiger partial charge in [0.2, 0.25) is 17.7 Å². The van der Waals surface area contributed by atoms with Gasteiger partial charge in [-0.15, -0.1) is 10.2 Å². The number of anilines is 3. The van der Waals surface area contributed by atoms with E-state index in [1.54, 1.807) is 11.0 Å². The number of nitrogens with one attached hydrogen (secondary N) is 2. The molecule has 2 aromatic heterocycles. The molecule has 1 unspecified atom stereocenters. The number of benzene rings is 2. The lowest BCUT2D eigenvalue weighted by atomic mass is 10.0. The number of carbonyl (C=O) groups excluding carboxylic acids is 3. The van der Waals surface area contributed by atoms with Crippen LogP contribution >= 0.6 is 0 Å². The fraction of sp³-hybridized carbons (Fsp3) is 0.385. The maximum absolute atomic E-state index is 14.1. The first-order valence-electron chi connectivity index (χ1n) is 18.5. The number of aryl methyl sites for hydroxylation is 1. The van der Waals surface area contributed by atoms with Crippen LogP contribution in [0.5, 0.6) is 11.6 Å². The molecule has 55 heavy (non-hydrogen) atoms. The summed E-state index contributed by atoms with van der Waals surface area (Å²) in [6.45, 7) is 7.53. The number of ether oxygens (including phenoxy) is 1. The number of rotatable bonds is 7. The Labute approximate surface area is 315 Å². The summed E-state index contributed by atoms with van der Waals surface area (Å²) in [5.74, 6) is -2.31. The quantitative estimate of drug-likeness (QED) is 0.237. The summed E-state index contributed by atoms with van der Waals surface area (Å²) in [6.07, 6.45) is 3.01. The van der Waals surface area contributed by atoms with Crippen molar-refractivity contribution in [2.24, 2.45) is 0 Å². The van der Waals surface area contributed by atoms with Crippen molar-refractivity contribution in [1.82, 2.24) is 30.3 Å². The summed E-state index contributed by atoms with van der Waals surface area (Å²) < 4.78 is 34.5. The monoisotopic (exact) mass is 751 g/mol. The van der Waals surface area contributed by atoms with E-state index in [0.717, 1.165) is 73.3 Å². The van der Waals surface area contributed by atoms with E-state index in [-0.39, 0.29) is 41.6 Å². The van der Waals surface area contributed by atoms with Gasteiger partial charge >= 0.3 is 0 Å². The maximum atomic E-state index is 14.1. The van der Waals surface area contributed by atoms with E-state index in [1.807, 2.05) is 31.3 Å². The largest absolute Gasteiger partial charge is 0.504 e. The van der Waals surface area contributed by atoms with Crippen molar-refractivity contribution in [3.8, 4) is 22.9 Å². The molecule has 4 aromatic rings. The van der Waals surface area contributed by atoms with Gasteiger partial charge in [0.15, 0.2) is 17.4 Å². The Morgan fingerprint density at radius 1 is 0.982 bits per heavy atom. The molecule has 16 heteroatoms. The minimum absolute atomic E-state index is 0.0675. The number of fused-ring (bicyclic) bond motifs is 4. The Hall–Kier alpha value is -5.90. The number of nitrogens with zero attached hydrogens (tertiary/aromatic N) is 7.